The number of anilines is 2. The number of carbonyl (C=O) groups excluding carboxylic acids is 1. The number of amides is 1. The molecule has 1 amide bonds. The van der Waals surface area contributed by atoms with Gasteiger partial charge in [0.1, 0.15) is 5.82 Å². The summed E-state index contributed by atoms with van der Waals surface area (Å²) >= 11 is 0. The average Bonchev–Trinajstić information content (AvgIpc) is 2.41. The summed E-state index contributed by atoms with van der Waals surface area (Å²) in [5, 5.41) is 2.59. The quantitative estimate of drug-likeness (QED) is 0.932. The zero-order valence-corrected chi connectivity index (χ0v) is 12.5. The first-order valence-electron chi connectivity index (χ1n) is 6.80. The van der Waals surface area contributed by atoms with Crippen molar-refractivity contribution >= 4 is 17.3 Å². The fourth-order valence-electron chi connectivity index (χ4n) is 2.29. The number of hydrogen-bond donors (Lipinski definition) is 1. The number of carbonyl (C=O) groups is 1. The molecule has 0 heterocycles. The van der Waals surface area contributed by atoms with Gasteiger partial charge in [-0.05, 0) is 37.6 Å². The Bertz CT molecular complexity index is 655. The van der Waals surface area contributed by atoms with E-state index in [2.05, 4.69) is 11.4 Å². The fraction of sp³-hybridized carbons (Fsp3) is 0.235. The van der Waals surface area contributed by atoms with E-state index >= 15 is 0 Å². The normalized spacial score (nSPS) is 10.3. The second-order valence-corrected chi connectivity index (χ2v) is 5.17. The van der Waals surface area contributed by atoms with Crippen LogP contribution in [0.3, 0.4) is 0 Å². The number of likely N-dealkylation sites (N-methyl/N-ethyl adjacent to an activating group) is 1. The fourth-order valence-corrected chi connectivity index (χ4v) is 2.29. The van der Waals surface area contributed by atoms with Crippen LogP contribution < -0.4 is 10.2 Å². The van der Waals surface area contributed by atoms with Crippen LogP contribution in [-0.4, -0.2) is 19.5 Å². The van der Waals surface area contributed by atoms with Gasteiger partial charge < -0.3 is 10.2 Å². The van der Waals surface area contributed by atoms with Crippen LogP contribution in [0.15, 0.2) is 42.5 Å². The highest BCUT2D eigenvalue weighted by Gasteiger charge is 2.11. The van der Waals surface area contributed by atoms with Crippen LogP contribution in [0.2, 0.25) is 0 Å². The van der Waals surface area contributed by atoms with Crippen molar-refractivity contribution in [3.63, 3.8) is 0 Å². The molecule has 0 fully saturated rings. The molecule has 0 aromatic heterocycles. The SMILES string of the molecule is Cc1ccc(N(C)CC(=O)Nc2ccccc2F)c(C)c1. The van der Waals surface area contributed by atoms with Crippen LogP contribution in [0.5, 0.6) is 0 Å². The monoisotopic (exact) mass is 286 g/mol. The van der Waals surface area contributed by atoms with Gasteiger partial charge >= 0.3 is 0 Å². The minimum absolute atomic E-state index is 0.165. The molecule has 4 heteroatoms. The summed E-state index contributed by atoms with van der Waals surface area (Å²) in [5.41, 5.74) is 3.48. The van der Waals surface area contributed by atoms with E-state index in [9.17, 15) is 9.18 Å². The summed E-state index contributed by atoms with van der Waals surface area (Å²) < 4.78 is 13.5. The second kappa shape index (κ2) is 6.39. The van der Waals surface area contributed by atoms with Crippen molar-refractivity contribution < 1.29 is 9.18 Å². The summed E-state index contributed by atoms with van der Waals surface area (Å²) in [5.74, 6) is -0.678. The minimum atomic E-state index is -0.431. The summed E-state index contributed by atoms with van der Waals surface area (Å²) in [7, 11) is 1.85. The van der Waals surface area contributed by atoms with Crippen molar-refractivity contribution in [1.29, 1.82) is 0 Å². The summed E-state index contributed by atoms with van der Waals surface area (Å²) in [4.78, 5) is 13.9. The highest BCUT2D eigenvalue weighted by molar-refractivity contribution is 5.94. The topological polar surface area (TPSA) is 32.3 Å². The lowest BCUT2D eigenvalue weighted by Crippen LogP contribution is -2.30. The predicted molar refractivity (Wildman–Crippen MR) is 84.2 cm³/mol. The van der Waals surface area contributed by atoms with Gasteiger partial charge in [-0.15, -0.1) is 0 Å². The Morgan fingerprint density at radius 2 is 1.90 bits per heavy atom. The summed E-state index contributed by atoms with van der Waals surface area (Å²) in [6, 6.07) is 12.2. The molecule has 2 rings (SSSR count). The summed E-state index contributed by atoms with van der Waals surface area (Å²) in [6.07, 6.45) is 0. The van der Waals surface area contributed by atoms with Crippen LogP contribution in [0.1, 0.15) is 11.1 Å². The zero-order chi connectivity index (χ0) is 15.4. The molecule has 0 atom stereocenters. The van der Waals surface area contributed by atoms with E-state index in [0.717, 1.165) is 11.3 Å². The third-order valence-corrected chi connectivity index (χ3v) is 3.29. The van der Waals surface area contributed by atoms with Gasteiger partial charge in [0.2, 0.25) is 5.91 Å². The first-order chi connectivity index (χ1) is 9.97. The lowest BCUT2D eigenvalue weighted by atomic mass is 10.1. The largest absolute Gasteiger partial charge is 0.365 e. The maximum atomic E-state index is 13.5. The molecular formula is C17H19FN2O. The number of hydrogen-bond acceptors (Lipinski definition) is 2. The molecule has 21 heavy (non-hydrogen) atoms. The Morgan fingerprint density at radius 3 is 2.57 bits per heavy atom. The highest BCUT2D eigenvalue weighted by atomic mass is 19.1. The molecule has 0 unspecified atom stereocenters. The van der Waals surface area contributed by atoms with Gasteiger partial charge in [0.15, 0.2) is 0 Å². The Morgan fingerprint density at radius 1 is 1.19 bits per heavy atom. The summed E-state index contributed by atoms with van der Waals surface area (Å²) in [6.45, 7) is 4.20. The third-order valence-electron chi connectivity index (χ3n) is 3.29. The second-order valence-electron chi connectivity index (χ2n) is 5.17. The van der Waals surface area contributed by atoms with Crippen LogP contribution in [-0.2, 0) is 4.79 Å². The Labute approximate surface area is 124 Å². The highest BCUT2D eigenvalue weighted by Crippen LogP contribution is 2.20. The maximum Gasteiger partial charge on any atom is 0.243 e. The molecule has 0 aliphatic heterocycles. The van der Waals surface area contributed by atoms with E-state index in [1.165, 1.54) is 11.6 Å². The molecule has 3 nitrogen and oxygen atoms in total. The molecule has 0 saturated heterocycles. The number of rotatable bonds is 4. The van der Waals surface area contributed by atoms with E-state index in [-0.39, 0.29) is 18.1 Å². The Kier molecular flexibility index (Phi) is 4.58. The van der Waals surface area contributed by atoms with Crippen molar-refractivity contribution in [3.05, 3.63) is 59.4 Å². The van der Waals surface area contributed by atoms with Gasteiger partial charge in [0, 0.05) is 12.7 Å². The smallest absolute Gasteiger partial charge is 0.243 e. The average molecular weight is 286 g/mol. The van der Waals surface area contributed by atoms with Crippen molar-refractivity contribution in [2.45, 2.75) is 13.8 Å². The standard InChI is InChI=1S/C17H19FN2O/c1-12-8-9-16(13(2)10-12)20(3)11-17(21)19-15-7-5-4-6-14(15)18/h4-10H,11H2,1-3H3,(H,19,21). The van der Waals surface area contributed by atoms with E-state index < -0.39 is 5.82 Å². The van der Waals surface area contributed by atoms with Crippen molar-refractivity contribution in [2.75, 3.05) is 23.8 Å². The Hall–Kier alpha value is -2.36. The predicted octanol–water partition coefficient (Wildman–Crippen LogP) is 3.52. The molecule has 0 aliphatic rings. The van der Waals surface area contributed by atoms with E-state index in [1.807, 2.05) is 37.9 Å². The first-order valence-corrected chi connectivity index (χ1v) is 6.80. The van der Waals surface area contributed by atoms with Crippen LogP contribution in [0.25, 0.3) is 0 Å². The molecule has 0 radical (unpaired) electrons. The van der Waals surface area contributed by atoms with E-state index in [1.54, 1.807) is 18.2 Å². The lowest BCUT2D eigenvalue weighted by molar-refractivity contribution is -0.114. The van der Waals surface area contributed by atoms with Crippen molar-refractivity contribution in [1.82, 2.24) is 0 Å². The van der Waals surface area contributed by atoms with Crippen LogP contribution in [0, 0.1) is 19.7 Å². The van der Waals surface area contributed by atoms with Gasteiger partial charge in [0.05, 0.1) is 12.2 Å². The number of para-hydroxylation sites is 1. The molecule has 0 spiro atoms. The van der Waals surface area contributed by atoms with Crippen LogP contribution >= 0.6 is 0 Å². The minimum Gasteiger partial charge on any atom is -0.365 e. The molecular weight excluding hydrogens is 267 g/mol. The van der Waals surface area contributed by atoms with Crippen molar-refractivity contribution in [2.24, 2.45) is 0 Å². The molecule has 2 aromatic rings. The molecule has 1 N–H and O–H groups in total. The number of halogens is 1. The lowest BCUT2D eigenvalue weighted by Gasteiger charge is -2.21. The van der Waals surface area contributed by atoms with Crippen LogP contribution in [0.4, 0.5) is 15.8 Å². The number of nitrogens with zero attached hydrogens (tertiary/aromatic N) is 1. The molecule has 2 aromatic carbocycles. The van der Waals surface area contributed by atoms with E-state index in [0.29, 0.717) is 0 Å². The Balaban J connectivity index is 2.04. The van der Waals surface area contributed by atoms with E-state index in [4.69, 9.17) is 0 Å². The van der Waals surface area contributed by atoms with Crippen molar-refractivity contribution in [3.8, 4) is 0 Å². The maximum absolute atomic E-state index is 13.5. The van der Waals surface area contributed by atoms with Gasteiger partial charge in [-0.3, -0.25) is 4.79 Å². The first kappa shape index (κ1) is 15.0. The molecule has 0 saturated carbocycles. The van der Waals surface area contributed by atoms with Gasteiger partial charge in [-0.1, -0.05) is 29.8 Å². The zero-order valence-electron chi connectivity index (χ0n) is 12.5. The van der Waals surface area contributed by atoms with Gasteiger partial charge in [-0.2, -0.15) is 0 Å². The third kappa shape index (κ3) is 3.81. The molecule has 0 aliphatic carbocycles. The van der Waals surface area contributed by atoms with Gasteiger partial charge in [-0.25, -0.2) is 4.39 Å². The van der Waals surface area contributed by atoms with Gasteiger partial charge in [0.25, 0.3) is 0 Å². The number of aryl methyl sites for hydroxylation is 2. The molecule has 110 valence electrons. The number of nitrogens with one attached hydrogen (secondary N) is 1. The molecule has 0 bridgehead atoms. The number of benzene rings is 2.